The molecule has 1 amide bonds. The summed E-state index contributed by atoms with van der Waals surface area (Å²) in [5.41, 5.74) is 2.63. The summed E-state index contributed by atoms with van der Waals surface area (Å²) in [6.07, 6.45) is 1.76. The minimum absolute atomic E-state index is 0.00421. The molecule has 1 aromatic carbocycles. The highest BCUT2D eigenvalue weighted by atomic mass is 32.1. The van der Waals surface area contributed by atoms with Gasteiger partial charge in [0.1, 0.15) is 0 Å². The van der Waals surface area contributed by atoms with Crippen LogP contribution in [0.4, 0.5) is 5.13 Å². The summed E-state index contributed by atoms with van der Waals surface area (Å²) in [6, 6.07) is 7.31. The molecule has 0 radical (unpaired) electrons. The van der Waals surface area contributed by atoms with Crippen molar-refractivity contribution in [2.45, 2.75) is 39.2 Å². The number of carboxylic acids is 1. The average Bonchev–Trinajstić information content (AvgIpc) is 3.12. The van der Waals surface area contributed by atoms with Crippen molar-refractivity contribution in [3.8, 4) is 0 Å². The van der Waals surface area contributed by atoms with Crippen LogP contribution in [0.25, 0.3) is 0 Å². The van der Waals surface area contributed by atoms with Gasteiger partial charge >= 0.3 is 5.97 Å². The summed E-state index contributed by atoms with van der Waals surface area (Å²) in [5.74, 6) is -1.21. The van der Waals surface area contributed by atoms with E-state index in [1.807, 2.05) is 18.2 Å². The predicted molar refractivity (Wildman–Crippen MR) is 113 cm³/mol. The number of aromatic nitrogens is 1. The lowest BCUT2D eigenvalue weighted by atomic mass is 9.93. The maximum atomic E-state index is 12.0. The van der Waals surface area contributed by atoms with Crippen molar-refractivity contribution in [2.75, 3.05) is 18.0 Å². The van der Waals surface area contributed by atoms with E-state index in [0.29, 0.717) is 18.7 Å². The standard InChI is InChI=1S/C21H27N3O3S/c1-5-12-24(20-23-17(14-28-20)21(2,3)4)13-15-6-8-16(9-7-15)19(27)22-11-10-18(25)26/h5-9,14H,1,10-13H2,2-4H3,(H,22,27)(H,25,26). The van der Waals surface area contributed by atoms with E-state index < -0.39 is 5.97 Å². The van der Waals surface area contributed by atoms with E-state index in [4.69, 9.17) is 10.1 Å². The maximum absolute atomic E-state index is 12.0. The van der Waals surface area contributed by atoms with Crippen LogP contribution in [0.3, 0.4) is 0 Å². The zero-order valence-electron chi connectivity index (χ0n) is 16.6. The Balaban J connectivity index is 2.05. The Morgan fingerprint density at radius 1 is 1.29 bits per heavy atom. The maximum Gasteiger partial charge on any atom is 0.305 e. The van der Waals surface area contributed by atoms with Crippen molar-refractivity contribution in [3.05, 3.63) is 59.1 Å². The second-order valence-electron chi connectivity index (χ2n) is 7.53. The molecule has 7 heteroatoms. The van der Waals surface area contributed by atoms with Crippen LogP contribution in [0.15, 0.2) is 42.3 Å². The van der Waals surface area contributed by atoms with Gasteiger partial charge in [-0.25, -0.2) is 4.98 Å². The van der Waals surface area contributed by atoms with Gasteiger partial charge in [-0.3, -0.25) is 9.59 Å². The van der Waals surface area contributed by atoms with E-state index >= 15 is 0 Å². The Morgan fingerprint density at radius 2 is 1.96 bits per heavy atom. The fraction of sp³-hybridized carbons (Fsp3) is 0.381. The molecule has 0 saturated carbocycles. The van der Waals surface area contributed by atoms with Crippen LogP contribution < -0.4 is 10.2 Å². The van der Waals surface area contributed by atoms with Gasteiger partial charge in [-0.15, -0.1) is 17.9 Å². The third-order valence-electron chi connectivity index (χ3n) is 4.09. The van der Waals surface area contributed by atoms with E-state index in [-0.39, 0.29) is 24.3 Å². The number of anilines is 1. The summed E-state index contributed by atoms with van der Waals surface area (Å²) in [4.78, 5) is 29.5. The van der Waals surface area contributed by atoms with Gasteiger partial charge in [-0.1, -0.05) is 39.0 Å². The molecule has 0 aliphatic rings. The number of nitrogens with one attached hydrogen (secondary N) is 1. The normalized spacial score (nSPS) is 11.1. The van der Waals surface area contributed by atoms with Crippen LogP contribution in [0.1, 0.15) is 48.8 Å². The lowest BCUT2D eigenvalue weighted by Crippen LogP contribution is -2.26. The van der Waals surface area contributed by atoms with Crippen LogP contribution in [-0.2, 0) is 16.8 Å². The lowest BCUT2D eigenvalue weighted by molar-refractivity contribution is -0.136. The fourth-order valence-corrected chi connectivity index (χ4v) is 3.55. The molecule has 28 heavy (non-hydrogen) atoms. The molecule has 6 nitrogen and oxygen atoms in total. The minimum Gasteiger partial charge on any atom is -0.481 e. The zero-order chi connectivity index (χ0) is 20.7. The molecule has 1 aromatic heterocycles. The molecule has 0 atom stereocenters. The molecule has 0 spiro atoms. The first kappa shape index (κ1) is 21.6. The quantitative estimate of drug-likeness (QED) is 0.624. The van der Waals surface area contributed by atoms with Crippen molar-refractivity contribution >= 4 is 28.3 Å². The number of amides is 1. The first-order valence-corrected chi connectivity index (χ1v) is 9.99. The number of hydrogen-bond acceptors (Lipinski definition) is 5. The summed E-state index contributed by atoms with van der Waals surface area (Å²) in [6.45, 7) is 11.7. The van der Waals surface area contributed by atoms with Gasteiger partial charge in [0.2, 0.25) is 0 Å². The van der Waals surface area contributed by atoms with Crippen molar-refractivity contribution < 1.29 is 14.7 Å². The molecule has 0 unspecified atom stereocenters. The Labute approximate surface area is 169 Å². The third-order valence-corrected chi connectivity index (χ3v) is 5.00. The van der Waals surface area contributed by atoms with Crippen molar-refractivity contribution in [3.63, 3.8) is 0 Å². The molecule has 0 bridgehead atoms. The van der Waals surface area contributed by atoms with Gasteiger partial charge in [-0.2, -0.15) is 0 Å². The topological polar surface area (TPSA) is 82.5 Å². The molecule has 0 aliphatic carbocycles. The SMILES string of the molecule is C=CCN(Cc1ccc(C(=O)NCCC(=O)O)cc1)c1nc(C(C)(C)C)cs1. The van der Waals surface area contributed by atoms with Crippen LogP contribution in [0.2, 0.25) is 0 Å². The summed E-state index contributed by atoms with van der Waals surface area (Å²) >= 11 is 1.62. The largest absolute Gasteiger partial charge is 0.481 e. The average molecular weight is 402 g/mol. The summed E-state index contributed by atoms with van der Waals surface area (Å²) in [5, 5.41) is 14.3. The predicted octanol–water partition coefficient (Wildman–Crippen LogP) is 3.84. The zero-order valence-corrected chi connectivity index (χ0v) is 17.4. The van der Waals surface area contributed by atoms with Crippen LogP contribution >= 0.6 is 11.3 Å². The molecule has 2 rings (SSSR count). The summed E-state index contributed by atoms with van der Waals surface area (Å²) < 4.78 is 0. The molecule has 0 aliphatic heterocycles. The van der Waals surface area contributed by atoms with Crippen LogP contribution in [0, 0.1) is 0 Å². The third kappa shape index (κ3) is 6.20. The molecule has 0 fully saturated rings. The number of hydrogen-bond donors (Lipinski definition) is 2. The number of nitrogens with zero attached hydrogens (tertiary/aromatic N) is 2. The Bertz CT molecular complexity index is 822. The highest BCUT2D eigenvalue weighted by Gasteiger charge is 2.19. The Morgan fingerprint density at radius 3 is 2.50 bits per heavy atom. The van der Waals surface area contributed by atoms with E-state index in [1.54, 1.807) is 23.5 Å². The van der Waals surface area contributed by atoms with Crippen LogP contribution in [-0.4, -0.2) is 35.1 Å². The van der Waals surface area contributed by atoms with Gasteiger partial charge in [0.25, 0.3) is 5.91 Å². The lowest BCUT2D eigenvalue weighted by Gasteiger charge is -2.21. The Kier molecular flexibility index (Phi) is 7.34. The van der Waals surface area contributed by atoms with Crippen molar-refractivity contribution in [1.29, 1.82) is 0 Å². The molecular weight excluding hydrogens is 374 g/mol. The second kappa shape index (κ2) is 9.50. The number of aliphatic carboxylic acids is 1. The molecular formula is C21H27N3O3S. The molecule has 1 heterocycles. The molecule has 2 N–H and O–H groups in total. The van der Waals surface area contributed by atoms with E-state index in [0.717, 1.165) is 16.4 Å². The van der Waals surface area contributed by atoms with Crippen LogP contribution in [0.5, 0.6) is 0 Å². The van der Waals surface area contributed by atoms with E-state index in [9.17, 15) is 9.59 Å². The second-order valence-corrected chi connectivity index (χ2v) is 8.37. The van der Waals surface area contributed by atoms with E-state index in [1.165, 1.54) is 0 Å². The van der Waals surface area contributed by atoms with E-state index in [2.05, 4.69) is 42.9 Å². The summed E-state index contributed by atoms with van der Waals surface area (Å²) in [7, 11) is 0. The molecule has 0 saturated heterocycles. The van der Waals surface area contributed by atoms with Gasteiger partial charge in [0.05, 0.1) is 12.1 Å². The highest BCUT2D eigenvalue weighted by Crippen LogP contribution is 2.29. The van der Waals surface area contributed by atoms with Crippen molar-refractivity contribution in [2.24, 2.45) is 0 Å². The number of carboxylic acid groups (broad SMARTS) is 1. The smallest absolute Gasteiger partial charge is 0.305 e. The number of thiazole rings is 1. The molecule has 150 valence electrons. The Hall–Kier alpha value is -2.67. The fourth-order valence-electron chi connectivity index (χ4n) is 2.49. The number of carbonyl (C=O) groups excluding carboxylic acids is 1. The first-order chi connectivity index (χ1) is 13.2. The van der Waals surface area contributed by atoms with Gasteiger partial charge in [0, 0.05) is 36.0 Å². The van der Waals surface area contributed by atoms with Gasteiger partial charge < -0.3 is 15.3 Å². The minimum atomic E-state index is -0.935. The monoisotopic (exact) mass is 401 g/mol. The highest BCUT2D eigenvalue weighted by molar-refractivity contribution is 7.13. The number of rotatable bonds is 9. The number of benzene rings is 1. The van der Waals surface area contributed by atoms with Gasteiger partial charge in [0.15, 0.2) is 5.13 Å². The van der Waals surface area contributed by atoms with Crippen molar-refractivity contribution in [1.82, 2.24) is 10.3 Å². The van der Waals surface area contributed by atoms with Gasteiger partial charge in [-0.05, 0) is 17.7 Å². The number of carbonyl (C=O) groups is 2. The first-order valence-electron chi connectivity index (χ1n) is 9.11. The molecule has 2 aromatic rings.